The molecule has 0 aliphatic heterocycles. The number of nitrogens with one attached hydrogen (secondary N) is 1. The Kier molecular flexibility index (Phi) is 3.51. The average molecular weight is 195 g/mol. The zero-order valence-electron chi connectivity index (χ0n) is 8.43. The number of anilines is 1. The van der Waals surface area contributed by atoms with E-state index < -0.39 is 0 Å². The van der Waals surface area contributed by atoms with Crippen molar-refractivity contribution in [2.75, 3.05) is 19.0 Å². The van der Waals surface area contributed by atoms with Crippen LogP contribution in [0.4, 0.5) is 10.1 Å². The summed E-state index contributed by atoms with van der Waals surface area (Å²) in [5.74, 6) is 0.350. The lowest BCUT2D eigenvalue weighted by molar-refractivity contribution is 0.414. The van der Waals surface area contributed by atoms with Crippen molar-refractivity contribution in [3.63, 3.8) is 0 Å². The predicted octanol–water partition coefficient (Wildman–Crippen LogP) is 2.82. The van der Waals surface area contributed by atoms with E-state index in [1.54, 1.807) is 19.2 Å². The van der Waals surface area contributed by atoms with Gasteiger partial charge in [0.2, 0.25) is 0 Å². The van der Waals surface area contributed by atoms with Crippen molar-refractivity contribution in [2.45, 2.75) is 6.92 Å². The third kappa shape index (κ3) is 2.76. The largest absolute Gasteiger partial charge is 0.497 e. The lowest BCUT2D eigenvalue weighted by Crippen LogP contribution is -2.03. The lowest BCUT2D eigenvalue weighted by atomic mass is 10.2. The number of rotatable bonds is 4. The lowest BCUT2D eigenvalue weighted by Gasteiger charge is -2.08. The maximum atomic E-state index is 13.2. The van der Waals surface area contributed by atoms with Crippen LogP contribution in [0, 0.1) is 5.82 Å². The monoisotopic (exact) mass is 195 g/mol. The molecule has 0 saturated heterocycles. The van der Waals surface area contributed by atoms with Gasteiger partial charge in [0.15, 0.2) is 0 Å². The second-order valence-corrected chi connectivity index (χ2v) is 3.16. The first-order valence-electron chi connectivity index (χ1n) is 4.35. The van der Waals surface area contributed by atoms with Crippen LogP contribution in [-0.4, -0.2) is 13.7 Å². The molecule has 0 heterocycles. The summed E-state index contributed by atoms with van der Waals surface area (Å²) in [4.78, 5) is 0. The SMILES string of the molecule is C=C(C)CNc1cc(OC)ccc1F. The van der Waals surface area contributed by atoms with E-state index in [9.17, 15) is 4.39 Å². The van der Waals surface area contributed by atoms with Crippen molar-refractivity contribution in [3.8, 4) is 5.75 Å². The first-order chi connectivity index (χ1) is 6.63. The van der Waals surface area contributed by atoms with Crippen molar-refractivity contribution in [2.24, 2.45) is 0 Å². The molecule has 0 aromatic heterocycles. The van der Waals surface area contributed by atoms with Crippen LogP contribution < -0.4 is 10.1 Å². The standard InChI is InChI=1S/C11H14FNO/c1-8(2)7-13-11-6-9(14-3)4-5-10(11)12/h4-6,13H,1,7H2,2-3H3. The topological polar surface area (TPSA) is 21.3 Å². The van der Waals surface area contributed by atoms with E-state index in [2.05, 4.69) is 11.9 Å². The molecule has 1 N–H and O–H groups in total. The van der Waals surface area contributed by atoms with Gasteiger partial charge in [0, 0.05) is 12.6 Å². The van der Waals surface area contributed by atoms with E-state index in [-0.39, 0.29) is 5.82 Å². The van der Waals surface area contributed by atoms with Gasteiger partial charge in [-0.2, -0.15) is 0 Å². The van der Waals surface area contributed by atoms with Crippen LogP contribution in [0.2, 0.25) is 0 Å². The van der Waals surface area contributed by atoms with Crippen LogP contribution in [0.1, 0.15) is 6.92 Å². The van der Waals surface area contributed by atoms with Crippen molar-refractivity contribution < 1.29 is 9.13 Å². The van der Waals surface area contributed by atoms with Gasteiger partial charge < -0.3 is 10.1 Å². The minimum absolute atomic E-state index is 0.285. The molecule has 0 aliphatic rings. The minimum atomic E-state index is -0.285. The van der Waals surface area contributed by atoms with Crippen LogP contribution in [-0.2, 0) is 0 Å². The van der Waals surface area contributed by atoms with E-state index in [0.717, 1.165) is 5.57 Å². The Morgan fingerprint density at radius 1 is 1.57 bits per heavy atom. The maximum absolute atomic E-state index is 13.2. The molecule has 1 aromatic carbocycles. The van der Waals surface area contributed by atoms with Crippen molar-refractivity contribution in [1.29, 1.82) is 0 Å². The van der Waals surface area contributed by atoms with Gasteiger partial charge >= 0.3 is 0 Å². The Morgan fingerprint density at radius 2 is 2.29 bits per heavy atom. The zero-order valence-corrected chi connectivity index (χ0v) is 8.43. The molecule has 0 saturated carbocycles. The third-order valence-electron chi connectivity index (χ3n) is 1.75. The molecule has 0 bridgehead atoms. The van der Waals surface area contributed by atoms with Gasteiger partial charge in [-0.3, -0.25) is 0 Å². The summed E-state index contributed by atoms with van der Waals surface area (Å²) >= 11 is 0. The average Bonchev–Trinajstić information content (AvgIpc) is 2.16. The van der Waals surface area contributed by atoms with Crippen molar-refractivity contribution >= 4 is 5.69 Å². The van der Waals surface area contributed by atoms with Gasteiger partial charge in [-0.15, -0.1) is 0 Å². The zero-order chi connectivity index (χ0) is 10.6. The normalized spacial score (nSPS) is 9.64. The summed E-state index contributed by atoms with van der Waals surface area (Å²) in [7, 11) is 1.55. The number of ether oxygens (including phenoxy) is 1. The molecule has 2 nitrogen and oxygen atoms in total. The fourth-order valence-electron chi connectivity index (χ4n) is 1.01. The van der Waals surface area contributed by atoms with Gasteiger partial charge in [0.05, 0.1) is 12.8 Å². The summed E-state index contributed by atoms with van der Waals surface area (Å²) in [5, 5.41) is 2.93. The molecule has 1 rings (SSSR count). The molecule has 0 spiro atoms. The second kappa shape index (κ2) is 4.65. The first-order valence-corrected chi connectivity index (χ1v) is 4.35. The Balaban J connectivity index is 2.78. The molecule has 0 radical (unpaired) electrons. The fraction of sp³-hybridized carbons (Fsp3) is 0.273. The van der Waals surface area contributed by atoms with Gasteiger partial charge in [-0.1, -0.05) is 12.2 Å². The quantitative estimate of drug-likeness (QED) is 0.746. The highest BCUT2D eigenvalue weighted by Crippen LogP contribution is 2.20. The Bertz CT molecular complexity index is 336. The highest BCUT2D eigenvalue weighted by molar-refractivity contribution is 5.50. The van der Waals surface area contributed by atoms with E-state index in [1.165, 1.54) is 6.07 Å². The van der Waals surface area contributed by atoms with Gasteiger partial charge in [-0.25, -0.2) is 4.39 Å². The highest BCUT2D eigenvalue weighted by atomic mass is 19.1. The van der Waals surface area contributed by atoms with E-state index in [0.29, 0.717) is 18.0 Å². The molecule has 0 unspecified atom stereocenters. The molecule has 3 heteroatoms. The minimum Gasteiger partial charge on any atom is -0.497 e. The van der Waals surface area contributed by atoms with Gasteiger partial charge in [-0.05, 0) is 19.1 Å². The number of methoxy groups -OCH3 is 1. The Labute approximate surface area is 83.4 Å². The fourth-order valence-corrected chi connectivity index (χ4v) is 1.01. The van der Waals surface area contributed by atoms with Crippen molar-refractivity contribution in [3.05, 3.63) is 36.2 Å². The van der Waals surface area contributed by atoms with Crippen molar-refractivity contribution in [1.82, 2.24) is 0 Å². The van der Waals surface area contributed by atoms with Gasteiger partial charge in [0.1, 0.15) is 11.6 Å². The molecular weight excluding hydrogens is 181 g/mol. The van der Waals surface area contributed by atoms with Crippen LogP contribution in [0.3, 0.4) is 0 Å². The maximum Gasteiger partial charge on any atom is 0.146 e. The molecule has 0 aliphatic carbocycles. The van der Waals surface area contributed by atoms with E-state index in [1.807, 2.05) is 6.92 Å². The molecule has 76 valence electrons. The third-order valence-corrected chi connectivity index (χ3v) is 1.75. The Morgan fingerprint density at radius 3 is 2.86 bits per heavy atom. The molecule has 0 atom stereocenters. The summed E-state index contributed by atoms with van der Waals surface area (Å²) in [6, 6.07) is 4.58. The molecular formula is C11H14FNO. The highest BCUT2D eigenvalue weighted by Gasteiger charge is 2.02. The Hall–Kier alpha value is -1.51. The van der Waals surface area contributed by atoms with Crippen LogP contribution in [0.25, 0.3) is 0 Å². The summed E-state index contributed by atoms with van der Waals surface area (Å²) in [6.07, 6.45) is 0. The number of hydrogen-bond donors (Lipinski definition) is 1. The van der Waals surface area contributed by atoms with Crippen LogP contribution in [0.15, 0.2) is 30.4 Å². The van der Waals surface area contributed by atoms with E-state index >= 15 is 0 Å². The number of benzene rings is 1. The van der Waals surface area contributed by atoms with Crippen LogP contribution in [0.5, 0.6) is 5.75 Å². The summed E-state index contributed by atoms with van der Waals surface area (Å²) in [5.41, 5.74) is 1.39. The summed E-state index contributed by atoms with van der Waals surface area (Å²) < 4.78 is 18.2. The van der Waals surface area contributed by atoms with Gasteiger partial charge in [0.25, 0.3) is 0 Å². The first kappa shape index (κ1) is 10.6. The number of halogens is 1. The predicted molar refractivity (Wildman–Crippen MR) is 56.3 cm³/mol. The van der Waals surface area contributed by atoms with Crippen LogP contribution >= 0.6 is 0 Å². The van der Waals surface area contributed by atoms with E-state index in [4.69, 9.17) is 4.74 Å². The molecule has 0 fully saturated rings. The number of hydrogen-bond acceptors (Lipinski definition) is 2. The second-order valence-electron chi connectivity index (χ2n) is 3.16. The molecule has 14 heavy (non-hydrogen) atoms. The smallest absolute Gasteiger partial charge is 0.146 e. The molecule has 0 amide bonds. The molecule has 1 aromatic rings. The summed E-state index contributed by atoms with van der Waals surface area (Å²) in [6.45, 7) is 6.17.